The van der Waals surface area contributed by atoms with E-state index in [0.29, 0.717) is 36.8 Å². The Morgan fingerprint density at radius 1 is 0.808 bits per heavy atom. The summed E-state index contributed by atoms with van der Waals surface area (Å²) >= 11 is 5.91. The summed E-state index contributed by atoms with van der Waals surface area (Å²) in [7, 11) is 0. The van der Waals surface area contributed by atoms with E-state index in [1.54, 1.807) is 29.2 Å². The van der Waals surface area contributed by atoms with Crippen molar-refractivity contribution >= 4 is 23.4 Å². The Balaban J connectivity index is 1.66. The molecule has 0 spiro atoms. The number of carbonyl (C=O) groups is 2. The molecule has 1 aliphatic rings. The summed E-state index contributed by atoms with van der Waals surface area (Å²) in [6.07, 6.45) is 0. The van der Waals surface area contributed by atoms with Gasteiger partial charge < -0.3 is 25.1 Å². The second-order valence-corrected chi connectivity index (χ2v) is 6.39. The maximum absolute atomic E-state index is 12.5. The predicted octanol–water partition coefficient (Wildman–Crippen LogP) is 2.05. The molecule has 1 fully saturated rings. The number of aromatic hydroxyl groups is 3. The minimum absolute atomic E-state index is 0.0624. The Morgan fingerprint density at radius 3 is 1.81 bits per heavy atom. The Morgan fingerprint density at radius 2 is 1.31 bits per heavy atom. The number of amides is 2. The van der Waals surface area contributed by atoms with Crippen LogP contribution in [0.3, 0.4) is 0 Å². The third-order valence-electron chi connectivity index (χ3n) is 4.24. The Kier molecular flexibility index (Phi) is 4.90. The van der Waals surface area contributed by atoms with E-state index in [1.165, 1.54) is 4.90 Å². The smallest absolute Gasteiger partial charge is 0.254 e. The monoisotopic (exact) mass is 376 g/mol. The lowest BCUT2D eigenvalue weighted by Crippen LogP contribution is -2.50. The van der Waals surface area contributed by atoms with Gasteiger partial charge in [0.1, 0.15) is 0 Å². The van der Waals surface area contributed by atoms with Crippen molar-refractivity contribution in [2.45, 2.75) is 0 Å². The molecule has 1 saturated heterocycles. The molecular formula is C18H17ClN2O5. The van der Waals surface area contributed by atoms with Crippen molar-refractivity contribution < 1.29 is 24.9 Å². The number of phenolic OH excluding ortho intramolecular Hbond substituents is 3. The number of phenols is 3. The minimum atomic E-state index is -0.668. The van der Waals surface area contributed by atoms with Gasteiger partial charge in [0.25, 0.3) is 11.8 Å². The van der Waals surface area contributed by atoms with E-state index in [9.17, 15) is 24.9 Å². The number of nitrogens with zero attached hydrogens (tertiary/aromatic N) is 2. The highest BCUT2D eigenvalue weighted by atomic mass is 35.5. The predicted molar refractivity (Wildman–Crippen MR) is 94.7 cm³/mol. The second kappa shape index (κ2) is 7.13. The van der Waals surface area contributed by atoms with Crippen molar-refractivity contribution in [2.24, 2.45) is 0 Å². The molecule has 1 aliphatic heterocycles. The van der Waals surface area contributed by atoms with Crippen LogP contribution in [0.4, 0.5) is 0 Å². The molecule has 0 aromatic heterocycles. The number of rotatable bonds is 2. The van der Waals surface area contributed by atoms with E-state index in [1.807, 2.05) is 0 Å². The fourth-order valence-electron chi connectivity index (χ4n) is 2.83. The minimum Gasteiger partial charge on any atom is -0.504 e. The van der Waals surface area contributed by atoms with Crippen LogP contribution in [-0.2, 0) is 0 Å². The van der Waals surface area contributed by atoms with Crippen LogP contribution >= 0.6 is 11.6 Å². The van der Waals surface area contributed by atoms with Crippen LogP contribution < -0.4 is 0 Å². The second-order valence-electron chi connectivity index (χ2n) is 5.96. The van der Waals surface area contributed by atoms with Gasteiger partial charge in [-0.1, -0.05) is 17.7 Å². The van der Waals surface area contributed by atoms with Crippen LogP contribution in [-0.4, -0.2) is 63.1 Å². The molecule has 2 aromatic rings. The molecule has 7 nitrogen and oxygen atoms in total. The molecule has 0 radical (unpaired) electrons. The molecule has 26 heavy (non-hydrogen) atoms. The zero-order valence-electron chi connectivity index (χ0n) is 13.7. The van der Waals surface area contributed by atoms with Crippen molar-refractivity contribution in [2.75, 3.05) is 26.2 Å². The Hall–Kier alpha value is -2.93. The molecule has 0 unspecified atom stereocenters. The topological polar surface area (TPSA) is 101 Å². The van der Waals surface area contributed by atoms with E-state index >= 15 is 0 Å². The zero-order chi connectivity index (χ0) is 18.8. The molecule has 0 saturated carbocycles. The van der Waals surface area contributed by atoms with Crippen molar-refractivity contribution in [3.8, 4) is 17.2 Å². The summed E-state index contributed by atoms with van der Waals surface area (Å²) in [5.41, 5.74) is 0.554. The zero-order valence-corrected chi connectivity index (χ0v) is 14.5. The fourth-order valence-corrected chi connectivity index (χ4v) is 3.02. The third-order valence-corrected chi connectivity index (χ3v) is 4.48. The van der Waals surface area contributed by atoms with E-state index in [-0.39, 0.29) is 11.5 Å². The van der Waals surface area contributed by atoms with Gasteiger partial charge in [-0.15, -0.1) is 0 Å². The molecule has 0 atom stereocenters. The highest BCUT2D eigenvalue weighted by Gasteiger charge is 2.26. The van der Waals surface area contributed by atoms with Crippen molar-refractivity contribution in [1.29, 1.82) is 0 Å². The highest BCUT2D eigenvalue weighted by molar-refractivity contribution is 6.30. The summed E-state index contributed by atoms with van der Waals surface area (Å²) < 4.78 is 0. The first kappa shape index (κ1) is 17.9. The summed E-state index contributed by atoms with van der Waals surface area (Å²) in [6, 6.07) is 8.88. The summed E-state index contributed by atoms with van der Waals surface area (Å²) in [6.45, 7) is 1.33. The first-order valence-electron chi connectivity index (χ1n) is 7.96. The molecule has 0 aliphatic carbocycles. The van der Waals surface area contributed by atoms with E-state index in [0.717, 1.165) is 12.1 Å². The van der Waals surface area contributed by atoms with Crippen LogP contribution in [0.1, 0.15) is 20.7 Å². The quantitative estimate of drug-likeness (QED) is 0.696. The maximum Gasteiger partial charge on any atom is 0.254 e. The first-order chi connectivity index (χ1) is 12.4. The molecule has 3 N–H and O–H groups in total. The third kappa shape index (κ3) is 3.52. The highest BCUT2D eigenvalue weighted by Crippen LogP contribution is 2.35. The van der Waals surface area contributed by atoms with Gasteiger partial charge in [0.2, 0.25) is 0 Å². The van der Waals surface area contributed by atoms with Gasteiger partial charge in [-0.05, 0) is 30.3 Å². The van der Waals surface area contributed by atoms with Gasteiger partial charge in [0.15, 0.2) is 17.2 Å². The van der Waals surface area contributed by atoms with Crippen LogP contribution in [0.15, 0.2) is 36.4 Å². The Bertz CT molecular complexity index is 839. The van der Waals surface area contributed by atoms with Gasteiger partial charge in [-0.2, -0.15) is 0 Å². The van der Waals surface area contributed by atoms with Gasteiger partial charge >= 0.3 is 0 Å². The van der Waals surface area contributed by atoms with Gasteiger partial charge in [-0.25, -0.2) is 0 Å². The summed E-state index contributed by atoms with van der Waals surface area (Å²) in [4.78, 5) is 28.2. The van der Waals surface area contributed by atoms with Gasteiger partial charge in [0, 0.05) is 42.3 Å². The average Bonchev–Trinajstić information content (AvgIpc) is 2.64. The molecule has 136 valence electrons. The van der Waals surface area contributed by atoms with Gasteiger partial charge in [0.05, 0.1) is 0 Å². The van der Waals surface area contributed by atoms with Gasteiger partial charge in [-0.3, -0.25) is 9.59 Å². The number of halogens is 1. The lowest BCUT2D eigenvalue weighted by atomic mass is 10.1. The molecule has 1 heterocycles. The van der Waals surface area contributed by atoms with Crippen LogP contribution in [0.5, 0.6) is 17.2 Å². The van der Waals surface area contributed by atoms with Crippen molar-refractivity contribution in [3.05, 3.63) is 52.5 Å². The number of piperazine rings is 1. The number of carbonyl (C=O) groups excluding carboxylic acids is 2. The summed E-state index contributed by atoms with van der Waals surface area (Å²) in [5, 5.41) is 28.9. The Labute approximate surface area is 154 Å². The van der Waals surface area contributed by atoms with Crippen LogP contribution in [0, 0.1) is 0 Å². The van der Waals surface area contributed by atoms with E-state index < -0.39 is 23.2 Å². The molecule has 2 aromatic carbocycles. The molecule has 8 heteroatoms. The standard InChI is InChI=1S/C18H17ClN2O5/c19-13-3-1-2-11(8-13)17(25)20-4-6-21(7-5-20)18(26)12-9-14(22)16(24)15(23)10-12/h1-3,8-10,22-24H,4-7H2. The number of hydrogen-bond acceptors (Lipinski definition) is 5. The molecule has 3 rings (SSSR count). The van der Waals surface area contributed by atoms with Crippen LogP contribution in [0.2, 0.25) is 5.02 Å². The van der Waals surface area contributed by atoms with Crippen molar-refractivity contribution in [3.63, 3.8) is 0 Å². The first-order valence-corrected chi connectivity index (χ1v) is 8.33. The maximum atomic E-state index is 12.5. The lowest BCUT2D eigenvalue weighted by Gasteiger charge is -2.35. The number of benzene rings is 2. The molecular weight excluding hydrogens is 360 g/mol. The fraction of sp³-hybridized carbons (Fsp3) is 0.222. The largest absolute Gasteiger partial charge is 0.504 e. The number of hydrogen-bond donors (Lipinski definition) is 3. The lowest BCUT2D eigenvalue weighted by molar-refractivity contribution is 0.0535. The molecule has 2 amide bonds. The normalized spacial score (nSPS) is 14.3. The molecule has 0 bridgehead atoms. The van der Waals surface area contributed by atoms with E-state index in [4.69, 9.17) is 11.6 Å². The van der Waals surface area contributed by atoms with Crippen LogP contribution in [0.25, 0.3) is 0 Å². The summed E-state index contributed by atoms with van der Waals surface area (Å²) in [5.74, 6) is -2.35. The van der Waals surface area contributed by atoms with E-state index in [2.05, 4.69) is 0 Å². The SMILES string of the molecule is O=C(c1cccc(Cl)c1)N1CCN(C(=O)c2cc(O)c(O)c(O)c2)CC1. The van der Waals surface area contributed by atoms with Crippen molar-refractivity contribution in [1.82, 2.24) is 9.80 Å². The average molecular weight is 377 g/mol.